The molecule has 0 heterocycles. The van der Waals surface area contributed by atoms with Crippen molar-refractivity contribution in [2.45, 2.75) is 51.6 Å². The van der Waals surface area contributed by atoms with Crippen molar-refractivity contribution >= 4 is 6.03 Å². The van der Waals surface area contributed by atoms with E-state index in [0.717, 1.165) is 12.8 Å². The second kappa shape index (κ2) is 5.95. The van der Waals surface area contributed by atoms with Gasteiger partial charge in [0.1, 0.15) is 0 Å². The van der Waals surface area contributed by atoms with Crippen LogP contribution >= 0.6 is 0 Å². The van der Waals surface area contributed by atoms with E-state index in [-0.39, 0.29) is 12.1 Å². The Morgan fingerprint density at radius 1 is 1.40 bits per heavy atom. The third-order valence-corrected chi connectivity index (χ3v) is 3.07. The molecule has 1 saturated carbocycles. The van der Waals surface area contributed by atoms with Crippen molar-refractivity contribution in [3.63, 3.8) is 0 Å². The Morgan fingerprint density at radius 2 is 2.00 bits per heavy atom. The van der Waals surface area contributed by atoms with E-state index >= 15 is 0 Å². The minimum atomic E-state index is -0.0638. The van der Waals surface area contributed by atoms with Crippen molar-refractivity contribution in [1.82, 2.24) is 10.6 Å². The maximum absolute atomic E-state index is 11.6. The van der Waals surface area contributed by atoms with Crippen molar-refractivity contribution in [3.8, 4) is 0 Å². The average Bonchev–Trinajstić information content (AvgIpc) is 2.66. The van der Waals surface area contributed by atoms with Crippen LogP contribution in [0.5, 0.6) is 0 Å². The predicted molar refractivity (Wildman–Crippen MR) is 61.6 cm³/mol. The zero-order valence-corrected chi connectivity index (χ0v) is 9.75. The molecular weight excluding hydrogens is 190 g/mol. The molecule has 0 radical (unpaired) electrons. The SMILES string of the molecule is CC(C)C(CN)NC(=O)NC1CCCC1. The molecule has 0 spiro atoms. The number of hydrogen-bond donors (Lipinski definition) is 3. The predicted octanol–water partition coefficient (Wildman–Crippen LogP) is 1.21. The third kappa shape index (κ3) is 4.08. The van der Waals surface area contributed by atoms with E-state index in [9.17, 15) is 4.79 Å². The summed E-state index contributed by atoms with van der Waals surface area (Å²) in [5.74, 6) is 0.379. The molecule has 0 aromatic heterocycles. The minimum Gasteiger partial charge on any atom is -0.335 e. The van der Waals surface area contributed by atoms with Crippen LogP contribution in [0.3, 0.4) is 0 Å². The smallest absolute Gasteiger partial charge is 0.315 e. The molecule has 1 rings (SSSR count). The monoisotopic (exact) mass is 213 g/mol. The van der Waals surface area contributed by atoms with E-state index in [0.29, 0.717) is 18.5 Å². The van der Waals surface area contributed by atoms with E-state index in [2.05, 4.69) is 24.5 Å². The van der Waals surface area contributed by atoms with Crippen molar-refractivity contribution in [3.05, 3.63) is 0 Å². The van der Waals surface area contributed by atoms with Gasteiger partial charge in [-0.1, -0.05) is 26.7 Å². The van der Waals surface area contributed by atoms with Crippen LogP contribution in [0, 0.1) is 5.92 Å². The summed E-state index contributed by atoms with van der Waals surface area (Å²) < 4.78 is 0. The van der Waals surface area contributed by atoms with Crippen LogP contribution in [0.25, 0.3) is 0 Å². The molecule has 0 aromatic rings. The Bertz CT molecular complexity index is 200. The normalized spacial score (nSPS) is 19.2. The van der Waals surface area contributed by atoms with Gasteiger partial charge in [-0.15, -0.1) is 0 Å². The summed E-state index contributed by atoms with van der Waals surface area (Å²) in [6.07, 6.45) is 4.69. The molecule has 0 aromatic carbocycles. The molecule has 0 saturated heterocycles. The molecule has 15 heavy (non-hydrogen) atoms. The van der Waals surface area contributed by atoms with Gasteiger partial charge < -0.3 is 16.4 Å². The van der Waals surface area contributed by atoms with Gasteiger partial charge in [-0.2, -0.15) is 0 Å². The molecule has 0 bridgehead atoms. The molecular formula is C11H23N3O. The number of rotatable bonds is 4. The molecule has 4 N–H and O–H groups in total. The molecule has 1 aliphatic carbocycles. The van der Waals surface area contributed by atoms with Gasteiger partial charge in [0.2, 0.25) is 0 Å². The van der Waals surface area contributed by atoms with Gasteiger partial charge in [-0.05, 0) is 18.8 Å². The fraction of sp³-hybridized carbons (Fsp3) is 0.909. The number of amides is 2. The van der Waals surface area contributed by atoms with Crippen LogP contribution in [-0.2, 0) is 0 Å². The van der Waals surface area contributed by atoms with E-state index < -0.39 is 0 Å². The Labute approximate surface area is 92.0 Å². The van der Waals surface area contributed by atoms with Crippen molar-refractivity contribution in [2.75, 3.05) is 6.54 Å². The fourth-order valence-corrected chi connectivity index (χ4v) is 1.96. The van der Waals surface area contributed by atoms with Crippen molar-refractivity contribution in [2.24, 2.45) is 11.7 Å². The fourth-order valence-electron chi connectivity index (χ4n) is 1.96. The second-order valence-electron chi connectivity index (χ2n) is 4.69. The standard InChI is InChI=1S/C11H23N3O/c1-8(2)10(7-12)14-11(15)13-9-5-3-4-6-9/h8-10H,3-7,12H2,1-2H3,(H2,13,14,15). The summed E-state index contributed by atoms with van der Waals surface area (Å²) in [4.78, 5) is 11.6. The van der Waals surface area contributed by atoms with Gasteiger partial charge in [0.15, 0.2) is 0 Å². The van der Waals surface area contributed by atoms with Crippen molar-refractivity contribution < 1.29 is 4.79 Å². The first-order valence-corrected chi connectivity index (χ1v) is 5.90. The molecule has 1 fully saturated rings. The van der Waals surface area contributed by atoms with Gasteiger partial charge in [0.25, 0.3) is 0 Å². The van der Waals surface area contributed by atoms with E-state index in [1.807, 2.05) is 0 Å². The summed E-state index contributed by atoms with van der Waals surface area (Å²) in [5, 5.41) is 5.91. The highest BCUT2D eigenvalue weighted by atomic mass is 16.2. The summed E-state index contributed by atoms with van der Waals surface area (Å²) in [5.41, 5.74) is 5.59. The summed E-state index contributed by atoms with van der Waals surface area (Å²) >= 11 is 0. The van der Waals surface area contributed by atoms with Crippen LogP contribution in [0.15, 0.2) is 0 Å². The lowest BCUT2D eigenvalue weighted by Gasteiger charge is -2.22. The third-order valence-electron chi connectivity index (χ3n) is 3.07. The lowest BCUT2D eigenvalue weighted by Crippen LogP contribution is -2.50. The Hall–Kier alpha value is -0.770. The molecule has 4 nitrogen and oxygen atoms in total. The highest BCUT2D eigenvalue weighted by Gasteiger charge is 2.19. The number of carbonyl (C=O) groups excluding carboxylic acids is 1. The quantitative estimate of drug-likeness (QED) is 0.657. The zero-order valence-electron chi connectivity index (χ0n) is 9.75. The summed E-state index contributed by atoms with van der Waals surface area (Å²) in [6, 6.07) is 0.382. The highest BCUT2D eigenvalue weighted by molar-refractivity contribution is 5.74. The number of urea groups is 1. The largest absolute Gasteiger partial charge is 0.335 e. The second-order valence-corrected chi connectivity index (χ2v) is 4.69. The molecule has 0 aliphatic heterocycles. The maximum Gasteiger partial charge on any atom is 0.315 e. The molecule has 1 unspecified atom stereocenters. The lowest BCUT2D eigenvalue weighted by molar-refractivity contribution is 0.229. The minimum absolute atomic E-state index is 0.0638. The first-order chi connectivity index (χ1) is 7.13. The summed E-state index contributed by atoms with van der Waals surface area (Å²) in [7, 11) is 0. The average molecular weight is 213 g/mol. The van der Waals surface area contributed by atoms with Gasteiger partial charge >= 0.3 is 6.03 Å². The van der Waals surface area contributed by atoms with Crippen LogP contribution in [0.2, 0.25) is 0 Å². The molecule has 1 aliphatic rings. The van der Waals surface area contributed by atoms with E-state index in [1.54, 1.807) is 0 Å². The zero-order chi connectivity index (χ0) is 11.3. The van der Waals surface area contributed by atoms with Crippen molar-refractivity contribution in [1.29, 1.82) is 0 Å². The van der Waals surface area contributed by atoms with Crippen LogP contribution in [0.4, 0.5) is 4.79 Å². The van der Waals surface area contributed by atoms with E-state index in [1.165, 1.54) is 12.8 Å². The molecule has 2 amide bonds. The maximum atomic E-state index is 11.6. The molecule has 1 atom stereocenters. The Kier molecular flexibility index (Phi) is 4.88. The number of carbonyl (C=O) groups is 1. The van der Waals surface area contributed by atoms with Gasteiger partial charge in [0, 0.05) is 18.6 Å². The first-order valence-electron chi connectivity index (χ1n) is 5.90. The van der Waals surface area contributed by atoms with Gasteiger partial charge in [0.05, 0.1) is 0 Å². The topological polar surface area (TPSA) is 67.1 Å². The van der Waals surface area contributed by atoms with Gasteiger partial charge in [-0.3, -0.25) is 0 Å². The Balaban J connectivity index is 2.27. The number of nitrogens with two attached hydrogens (primary N) is 1. The Morgan fingerprint density at radius 3 is 2.47 bits per heavy atom. The molecule has 4 heteroatoms. The van der Waals surface area contributed by atoms with Crippen LogP contribution in [-0.4, -0.2) is 24.7 Å². The number of hydrogen-bond acceptors (Lipinski definition) is 2. The summed E-state index contributed by atoms with van der Waals surface area (Å²) in [6.45, 7) is 4.62. The van der Waals surface area contributed by atoms with Crippen LogP contribution in [0.1, 0.15) is 39.5 Å². The highest BCUT2D eigenvalue weighted by Crippen LogP contribution is 2.17. The van der Waals surface area contributed by atoms with Gasteiger partial charge in [-0.25, -0.2) is 4.79 Å². The number of nitrogens with one attached hydrogen (secondary N) is 2. The van der Waals surface area contributed by atoms with E-state index in [4.69, 9.17) is 5.73 Å². The first kappa shape index (κ1) is 12.3. The molecule has 88 valence electrons. The van der Waals surface area contributed by atoms with Crippen LogP contribution < -0.4 is 16.4 Å². The lowest BCUT2D eigenvalue weighted by atomic mass is 10.1.